The quantitative estimate of drug-likeness (QED) is 0.462. The second kappa shape index (κ2) is 2.56. The fraction of sp³-hybridized carbons (Fsp3) is 1.00. The van der Waals surface area contributed by atoms with Crippen LogP contribution in [0, 0.1) is 0 Å². The third-order valence-corrected chi connectivity index (χ3v) is 1.57. The molecule has 0 aromatic rings. The van der Waals surface area contributed by atoms with Crippen LogP contribution in [0.1, 0.15) is 12.8 Å². The average Bonchev–Trinajstić information content (AvgIpc) is 2.40. The lowest BCUT2D eigenvalue weighted by Gasteiger charge is -2.16. The maximum atomic E-state index is 11.8. The molecule has 1 saturated carbocycles. The van der Waals surface area contributed by atoms with Crippen molar-refractivity contribution in [3.05, 3.63) is 0 Å². The van der Waals surface area contributed by atoms with Gasteiger partial charge in [0.1, 0.15) is 5.54 Å². The molecule has 0 spiro atoms. The summed E-state index contributed by atoms with van der Waals surface area (Å²) in [5, 5.41) is 0. The van der Waals surface area contributed by atoms with E-state index in [2.05, 4.69) is 5.84 Å². The highest BCUT2D eigenvalue weighted by Gasteiger charge is 2.62. The number of hydrogen-bond donors (Lipinski definition) is 2. The zero-order valence-corrected chi connectivity index (χ0v) is 5.85. The second-order valence-corrected chi connectivity index (χ2v) is 2.22. The molecule has 6 heteroatoms. The van der Waals surface area contributed by atoms with Crippen LogP contribution in [0.3, 0.4) is 0 Å². The van der Waals surface area contributed by atoms with Gasteiger partial charge in [0, 0.05) is 0 Å². The number of rotatable bonds is 1. The van der Waals surface area contributed by atoms with E-state index in [9.17, 15) is 13.2 Å². The van der Waals surface area contributed by atoms with Crippen molar-refractivity contribution in [3.63, 3.8) is 0 Å². The Balaban J connectivity index is 0.000000810. The molecule has 62 valence electrons. The summed E-state index contributed by atoms with van der Waals surface area (Å²) in [4.78, 5) is 0. The molecule has 0 heterocycles. The number of halogens is 4. The summed E-state index contributed by atoms with van der Waals surface area (Å²) >= 11 is 0. The van der Waals surface area contributed by atoms with Crippen molar-refractivity contribution in [2.75, 3.05) is 0 Å². The molecule has 0 aliphatic heterocycles. The van der Waals surface area contributed by atoms with Crippen LogP contribution in [-0.2, 0) is 0 Å². The van der Waals surface area contributed by atoms with E-state index in [-0.39, 0.29) is 25.2 Å². The largest absolute Gasteiger partial charge is 0.407 e. The fourth-order valence-electron chi connectivity index (χ4n) is 0.635. The number of nitrogens with one attached hydrogen (secondary N) is 1. The van der Waals surface area contributed by atoms with Gasteiger partial charge in [0.15, 0.2) is 0 Å². The van der Waals surface area contributed by atoms with Crippen LogP contribution < -0.4 is 11.3 Å². The number of nitrogens with two attached hydrogens (primary N) is 1. The molecule has 0 unspecified atom stereocenters. The molecule has 0 radical (unpaired) electrons. The van der Waals surface area contributed by atoms with Crippen molar-refractivity contribution in [2.45, 2.75) is 24.6 Å². The molecule has 0 saturated heterocycles. The molecule has 10 heavy (non-hydrogen) atoms. The minimum Gasteiger partial charge on any atom is -0.271 e. The van der Waals surface area contributed by atoms with Gasteiger partial charge in [-0.05, 0) is 12.8 Å². The highest BCUT2D eigenvalue weighted by Crippen LogP contribution is 2.48. The first-order valence-electron chi connectivity index (χ1n) is 2.56. The Kier molecular flexibility index (Phi) is 2.56. The Morgan fingerprint density at radius 3 is 1.70 bits per heavy atom. The summed E-state index contributed by atoms with van der Waals surface area (Å²) in [6.45, 7) is 0. The third-order valence-electron chi connectivity index (χ3n) is 1.57. The third kappa shape index (κ3) is 1.36. The van der Waals surface area contributed by atoms with Crippen LogP contribution in [0.4, 0.5) is 13.2 Å². The second-order valence-electron chi connectivity index (χ2n) is 2.22. The first-order valence-corrected chi connectivity index (χ1v) is 2.56. The first kappa shape index (κ1) is 10.0. The molecule has 3 N–H and O–H groups in total. The fourth-order valence-corrected chi connectivity index (χ4v) is 0.635. The van der Waals surface area contributed by atoms with Crippen molar-refractivity contribution in [2.24, 2.45) is 5.84 Å². The van der Waals surface area contributed by atoms with Crippen LogP contribution in [0.25, 0.3) is 0 Å². The van der Waals surface area contributed by atoms with Gasteiger partial charge in [0.25, 0.3) is 0 Å². The van der Waals surface area contributed by atoms with Gasteiger partial charge in [0.05, 0.1) is 0 Å². The zero-order chi connectivity index (χ0) is 7.12. The Labute approximate surface area is 62.3 Å². The van der Waals surface area contributed by atoms with Crippen molar-refractivity contribution in [1.29, 1.82) is 0 Å². The standard InChI is InChI=1S/C4H7F3N2.ClH/c5-4(6,7)3(9-8)1-2-3;/h9H,1-2,8H2;1H. The predicted molar refractivity (Wildman–Crippen MR) is 32.6 cm³/mol. The average molecular weight is 177 g/mol. The van der Waals surface area contributed by atoms with Crippen LogP contribution in [0.2, 0.25) is 0 Å². The monoisotopic (exact) mass is 176 g/mol. The molecule has 2 nitrogen and oxygen atoms in total. The molecule has 1 fully saturated rings. The van der Waals surface area contributed by atoms with E-state index < -0.39 is 11.7 Å². The molecule has 0 atom stereocenters. The molecule has 0 bridgehead atoms. The van der Waals surface area contributed by atoms with Crippen molar-refractivity contribution in [1.82, 2.24) is 5.43 Å². The van der Waals surface area contributed by atoms with Gasteiger partial charge in [-0.15, -0.1) is 12.4 Å². The molecule has 0 aromatic heterocycles. The van der Waals surface area contributed by atoms with E-state index in [0.29, 0.717) is 0 Å². The molecule has 0 aromatic carbocycles. The van der Waals surface area contributed by atoms with E-state index in [1.165, 1.54) is 0 Å². The van der Waals surface area contributed by atoms with Crippen LogP contribution in [-0.4, -0.2) is 11.7 Å². The maximum absolute atomic E-state index is 11.8. The molecular formula is C4H8ClF3N2. The number of hydrogen-bond acceptors (Lipinski definition) is 2. The Hall–Kier alpha value is -0.0000000000000000555. The van der Waals surface area contributed by atoms with Crippen LogP contribution in [0.15, 0.2) is 0 Å². The molecule has 1 rings (SSSR count). The lowest BCUT2D eigenvalue weighted by molar-refractivity contribution is -0.165. The van der Waals surface area contributed by atoms with Crippen molar-refractivity contribution < 1.29 is 13.2 Å². The summed E-state index contributed by atoms with van der Waals surface area (Å²) in [6, 6.07) is 0. The van der Waals surface area contributed by atoms with E-state index in [1.54, 1.807) is 5.43 Å². The van der Waals surface area contributed by atoms with E-state index in [1.807, 2.05) is 0 Å². The lowest BCUT2D eigenvalue weighted by Crippen LogP contribution is -2.48. The molecule has 1 aliphatic rings. The van der Waals surface area contributed by atoms with Crippen molar-refractivity contribution in [3.8, 4) is 0 Å². The molecule has 1 aliphatic carbocycles. The predicted octanol–water partition coefficient (Wildman–Crippen LogP) is 0.966. The minimum atomic E-state index is -4.18. The minimum absolute atomic E-state index is 0. The maximum Gasteiger partial charge on any atom is 0.407 e. The van der Waals surface area contributed by atoms with Gasteiger partial charge < -0.3 is 0 Å². The topological polar surface area (TPSA) is 38.0 Å². The highest BCUT2D eigenvalue weighted by atomic mass is 35.5. The van der Waals surface area contributed by atoms with Gasteiger partial charge in [0.2, 0.25) is 0 Å². The van der Waals surface area contributed by atoms with Gasteiger partial charge in [-0.25, -0.2) is 5.43 Å². The van der Waals surface area contributed by atoms with E-state index in [0.717, 1.165) is 0 Å². The van der Waals surface area contributed by atoms with Crippen molar-refractivity contribution >= 4 is 12.4 Å². The highest BCUT2D eigenvalue weighted by molar-refractivity contribution is 5.85. The summed E-state index contributed by atoms with van der Waals surface area (Å²) in [6.07, 6.45) is -3.97. The summed E-state index contributed by atoms with van der Waals surface area (Å²) < 4.78 is 35.3. The number of alkyl halides is 3. The summed E-state index contributed by atoms with van der Waals surface area (Å²) in [7, 11) is 0. The normalized spacial score (nSPS) is 21.6. The summed E-state index contributed by atoms with van der Waals surface area (Å²) in [5.74, 6) is 4.68. The van der Waals surface area contributed by atoms with Gasteiger partial charge >= 0.3 is 6.18 Å². The van der Waals surface area contributed by atoms with Gasteiger partial charge in [-0.1, -0.05) is 0 Å². The SMILES string of the molecule is Cl.NNC1(C(F)(F)F)CC1. The van der Waals surface area contributed by atoms with Gasteiger partial charge in [-0.3, -0.25) is 5.84 Å². The molecular weight excluding hydrogens is 169 g/mol. The Bertz CT molecular complexity index is 120. The lowest BCUT2D eigenvalue weighted by atomic mass is 10.3. The zero-order valence-electron chi connectivity index (χ0n) is 5.03. The van der Waals surface area contributed by atoms with Gasteiger partial charge in [-0.2, -0.15) is 13.2 Å². The number of hydrazine groups is 1. The molecule has 0 amide bonds. The van der Waals surface area contributed by atoms with Crippen LogP contribution >= 0.6 is 12.4 Å². The van der Waals surface area contributed by atoms with E-state index >= 15 is 0 Å². The smallest absolute Gasteiger partial charge is 0.271 e. The summed E-state index contributed by atoms with van der Waals surface area (Å²) in [5.41, 5.74) is 0.0243. The first-order chi connectivity index (χ1) is 4.02. The Morgan fingerprint density at radius 1 is 1.30 bits per heavy atom. The van der Waals surface area contributed by atoms with Crippen LogP contribution in [0.5, 0.6) is 0 Å². The Morgan fingerprint density at radius 2 is 1.70 bits per heavy atom. The van der Waals surface area contributed by atoms with E-state index in [4.69, 9.17) is 0 Å².